The molecule has 0 aromatic heterocycles. The number of hydrogen-bond donors (Lipinski definition) is 6. The van der Waals surface area contributed by atoms with Gasteiger partial charge in [-0.25, -0.2) is 0 Å². The lowest BCUT2D eigenvalue weighted by molar-refractivity contribution is -0.302. The molecule has 6 N–H and O–H groups in total. The number of hydrogen-bond acceptors (Lipinski definition) is 8. The quantitative estimate of drug-likeness (QED) is 0.0261. The number of carbonyl (C=O) groups excluding carboxylic acids is 1. The average Bonchev–Trinajstić information content (AvgIpc) is 3.41. The van der Waals surface area contributed by atoms with Crippen molar-refractivity contribution in [3.05, 3.63) is 122 Å². The minimum atomic E-state index is -1.58. The number of aliphatic hydroxyl groups excluding tert-OH is 5. The Morgan fingerprint density at radius 1 is 0.467 bits per heavy atom. The molecule has 0 bridgehead atoms. The topological polar surface area (TPSA) is 149 Å². The summed E-state index contributed by atoms with van der Waals surface area (Å²) in [4.78, 5) is 13.0. The van der Waals surface area contributed by atoms with Crippen molar-refractivity contribution in [2.75, 3.05) is 13.2 Å². The Balaban J connectivity index is 2.12. The van der Waals surface area contributed by atoms with E-state index in [0.717, 1.165) is 89.9 Å². The molecule has 1 rings (SSSR count). The minimum absolute atomic E-state index is 0.192. The van der Waals surface area contributed by atoms with Crippen LogP contribution in [0.5, 0.6) is 0 Å². The second kappa shape index (κ2) is 54.0. The first-order valence-corrected chi connectivity index (χ1v) is 30.3. The number of aliphatic hydroxyl groups is 5. The van der Waals surface area contributed by atoms with Gasteiger partial charge in [-0.15, -0.1) is 0 Å². The average molecular weight is 1050 g/mol. The van der Waals surface area contributed by atoms with Gasteiger partial charge in [-0.05, 0) is 96.3 Å². The maximum atomic E-state index is 13.0. The normalized spacial score (nSPS) is 19.8. The largest absolute Gasteiger partial charge is 0.394 e. The van der Waals surface area contributed by atoms with Crippen LogP contribution in [-0.2, 0) is 14.3 Å². The van der Waals surface area contributed by atoms with Crippen LogP contribution in [0, 0.1) is 0 Å². The van der Waals surface area contributed by atoms with Gasteiger partial charge in [0.25, 0.3) is 0 Å². The zero-order valence-electron chi connectivity index (χ0n) is 47.5. The first-order valence-electron chi connectivity index (χ1n) is 30.3. The van der Waals surface area contributed by atoms with E-state index in [2.05, 4.69) is 129 Å². The van der Waals surface area contributed by atoms with Crippen molar-refractivity contribution in [2.45, 2.75) is 275 Å². The molecule has 0 aromatic carbocycles. The Hall–Kier alpha value is -3.41. The van der Waals surface area contributed by atoms with Crippen LogP contribution in [0.25, 0.3) is 0 Å². The van der Waals surface area contributed by atoms with Crippen LogP contribution in [0.1, 0.15) is 232 Å². The first kappa shape index (κ1) is 69.6. The fourth-order valence-electron chi connectivity index (χ4n) is 8.78. The number of amides is 1. The van der Waals surface area contributed by atoms with Gasteiger partial charge in [0.1, 0.15) is 24.4 Å². The Bertz CT molecular complexity index is 1590. The van der Waals surface area contributed by atoms with Gasteiger partial charge in [0, 0.05) is 6.42 Å². The second-order valence-corrected chi connectivity index (χ2v) is 20.4. The molecule has 1 heterocycles. The number of ether oxygens (including phenoxy) is 2. The van der Waals surface area contributed by atoms with E-state index in [1.807, 2.05) is 6.08 Å². The molecule has 428 valence electrons. The van der Waals surface area contributed by atoms with Gasteiger partial charge in [0.15, 0.2) is 6.29 Å². The van der Waals surface area contributed by atoms with Crippen molar-refractivity contribution in [3.63, 3.8) is 0 Å². The number of nitrogens with one attached hydrogen (secondary N) is 1. The molecular weight excluding hydrogens is 935 g/mol. The van der Waals surface area contributed by atoms with Crippen LogP contribution in [0.3, 0.4) is 0 Å². The van der Waals surface area contributed by atoms with E-state index in [-0.39, 0.29) is 12.5 Å². The molecule has 9 heteroatoms. The maximum absolute atomic E-state index is 13.0. The molecule has 1 aliphatic rings. The number of rotatable bonds is 50. The van der Waals surface area contributed by atoms with Gasteiger partial charge in [-0.1, -0.05) is 251 Å². The summed E-state index contributed by atoms with van der Waals surface area (Å²) in [6.07, 6.45) is 74.2. The predicted molar refractivity (Wildman–Crippen MR) is 317 cm³/mol. The van der Waals surface area contributed by atoms with E-state index >= 15 is 0 Å². The number of carbonyl (C=O) groups is 1. The molecule has 9 nitrogen and oxygen atoms in total. The van der Waals surface area contributed by atoms with Crippen LogP contribution in [-0.4, -0.2) is 87.5 Å². The summed E-state index contributed by atoms with van der Waals surface area (Å²) in [6.45, 7) is 3.63. The molecule has 1 saturated heterocycles. The Morgan fingerprint density at radius 2 is 0.840 bits per heavy atom. The first-order chi connectivity index (χ1) is 36.8. The van der Waals surface area contributed by atoms with Crippen molar-refractivity contribution in [3.8, 4) is 0 Å². The third kappa shape index (κ3) is 43.3. The highest BCUT2D eigenvalue weighted by molar-refractivity contribution is 5.76. The molecule has 75 heavy (non-hydrogen) atoms. The van der Waals surface area contributed by atoms with Gasteiger partial charge in [0.2, 0.25) is 5.91 Å². The molecule has 0 saturated carbocycles. The summed E-state index contributed by atoms with van der Waals surface area (Å²) in [5.74, 6) is -0.192. The lowest BCUT2D eigenvalue weighted by Crippen LogP contribution is -2.60. The van der Waals surface area contributed by atoms with Crippen LogP contribution in [0.15, 0.2) is 122 Å². The summed E-state index contributed by atoms with van der Waals surface area (Å²) in [5.41, 5.74) is 0. The van der Waals surface area contributed by atoms with Crippen LogP contribution < -0.4 is 5.32 Å². The van der Waals surface area contributed by atoms with E-state index in [4.69, 9.17) is 9.47 Å². The lowest BCUT2D eigenvalue weighted by atomic mass is 9.99. The SMILES string of the molecule is CC/C=C\C/C=C\C/C=C\C/C=C\C/C=C\C/C=C\C/C=C\C/C=C\CCCCCCCCCCCCCCCCC(=O)NC(COC1OC(CO)C(O)C(O)C1O)C(O)/C=C/CC/C=C/CCCCCCCCC. The standard InChI is InChI=1S/C66H111NO8/c1-3-5-7-9-11-13-15-17-18-19-20-21-22-23-24-25-26-27-28-29-30-31-32-33-34-35-36-37-38-39-40-41-42-44-46-48-50-52-54-56-62(70)67-59(58-74-66-65(73)64(72)63(71)61(57-68)75-66)60(69)55-53-51-49-47-45-43-16-14-12-10-8-6-4-2/h5,7,11,13,17-18,20-21,23-24,26-27,29-30,32-33,45,47,53,55,59-61,63-66,68-69,71-73H,3-4,6,8-10,12,14-16,19,22,25,28,31,34-44,46,48-52,54,56-58H2,1-2H3,(H,67,70)/b7-5-,13-11-,18-17-,21-20-,24-23-,27-26-,30-29-,33-32-,47-45+,55-53+. The van der Waals surface area contributed by atoms with Crippen molar-refractivity contribution in [2.24, 2.45) is 0 Å². The zero-order chi connectivity index (χ0) is 54.3. The highest BCUT2D eigenvalue weighted by Crippen LogP contribution is 2.23. The Morgan fingerprint density at radius 3 is 1.28 bits per heavy atom. The smallest absolute Gasteiger partial charge is 0.220 e. The summed E-state index contributed by atoms with van der Waals surface area (Å²) < 4.78 is 11.2. The van der Waals surface area contributed by atoms with E-state index in [0.29, 0.717) is 6.42 Å². The summed E-state index contributed by atoms with van der Waals surface area (Å²) >= 11 is 0. The highest BCUT2D eigenvalue weighted by Gasteiger charge is 2.44. The van der Waals surface area contributed by atoms with E-state index in [1.165, 1.54) is 122 Å². The summed E-state index contributed by atoms with van der Waals surface area (Å²) in [7, 11) is 0. The molecule has 0 aromatic rings. The molecule has 1 amide bonds. The number of allylic oxidation sites excluding steroid dienone is 19. The van der Waals surface area contributed by atoms with Crippen LogP contribution in [0.4, 0.5) is 0 Å². The van der Waals surface area contributed by atoms with Gasteiger partial charge >= 0.3 is 0 Å². The Kier molecular flexibility index (Phi) is 50.1. The predicted octanol–water partition coefficient (Wildman–Crippen LogP) is 15.5. The molecule has 7 unspecified atom stereocenters. The van der Waals surface area contributed by atoms with E-state index in [1.54, 1.807) is 6.08 Å². The second-order valence-electron chi connectivity index (χ2n) is 20.4. The van der Waals surface area contributed by atoms with Crippen molar-refractivity contribution in [1.29, 1.82) is 0 Å². The lowest BCUT2D eigenvalue weighted by Gasteiger charge is -2.40. The molecule has 0 spiro atoms. The third-order valence-corrected chi connectivity index (χ3v) is 13.5. The molecule has 0 radical (unpaired) electrons. The van der Waals surface area contributed by atoms with Gasteiger partial charge in [0.05, 0.1) is 25.4 Å². The van der Waals surface area contributed by atoms with Crippen molar-refractivity contribution < 1.29 is 39.8 Å². The molecular formula is C66H111NO8. The molecule has 1 aliphatic heterocycles. The number of unbranched alkanes of at least 4 members (excludes halogenated alkanes) is 22. The van der Waals surface area contributed by atoms with E-state index in [9.17, 15) is 30.3 Å². The van der Waals surface area contributed by atoms with E-state index < -0.39 is 49.5 Å². The maximum Gasteiger partial charge on any atom is 0.220 e. The molecule has 7 atom stereocenters. The van der Waals surface area contributed by atoms with Gasteiger partial charge in [-0.3, -0.25) is 4.79 Å². The van der Waals surface area contributed by atoms with Crippen LogP contribution in [0.2, 0.25) is 0 Å². The van der Waals surface area contributed by atoms with Crippen LogP contribution >= 0.6 is 0 Å². The summed E-state index contributed by atoms with van der Waals surface area (Å²) in [6, 6.07) is -0.828. The molecule has 1 fully saturated rings. The monoisotopic (exact) mass is 1050 g/mol. The Labute approximate surface area is 458 Å². The van der Waals surface area contributed by atoms with Crippen molar-refractivity contribution >= 4 is 5.91 Å². The molecule has 0 aliphatic carbocycles. The van der Waals surface area contributed by atoms with Gasteiger partial charge in [-0.2, -0.15) is 0 Å². The fourth-order valence-corrected chi connectivity index (χ4v) is 8.78. The highest BCUT2D eigenvalue weighted by atomic mass is 16.7. The zero-order valence-corrected chi connectivity index (χ0v) is 47.5. The fraction of sp³-hybridized carbons (Fsp3) is 0.682. The summed E-state index contributed by atoms with van der Waals surface area (Å²) in [5, 5.41) is 54.4. The van der Waals surface area contributed by atoms with Crippen molar-refractivity contribution in [1.82, 2.24) is 5.32 Å². The minimum Gasteiger partial charge on any atom is -0.394 e. The van der Waals surface area contributed by atoms with Gasteiger partial charge < -0.3 is 40.3 Å². The third-order valence-electron chi connectivity index (χ3n) is 13.5.